The van der Waals surface area contributed by atoms with Crippen LogP contribution in [0.2, 0.25) is 0 Å². The molecule has 0 aliphatic heterocycles. The number of methoxy groups -OCH3 is 1. The number of hydrogen-bond donors (Lipinski definition) is 1. The second-order valence-electron chi connectivity index (χ2n) is 9.01. The Hall–Kier alpha value is -3.19. The average Bonchev–Trinajstić information content (AvgIpc) is 2.87. The standard InChI is InChI=1S/C27H34N4O3/c1-20(30(17-18-34-2)27(33)28-22-13-7-4-8-14-22)25-29-24-16-10-9-15-23(24)26(32)31(25)19-21-11-5-3-6-12-21/h3,5-6,9-12,15-16,20,22H,4,7-8,13-14,17-19H2,1-2H3,(H,28,33). The van der Waals surface area contributed by atoms with Gasteiger partial charge in [0.15, 0.2) is 0 Å². The average molecular weight is 463 g/mol. The lowest BCUT2D eigenvalue weighted by Crippen LogP contribution is -2.48. The van der Waals surface area contributed by atoms with Crippen LogP contribution < -0.4 is 10.9 Å². The number of hydrogen-bond acceptors (Lipinski definition) is 4. The summed E-state index contributed by atoms with van der Waals surface area (Å²) in [5.74, 6) is 0.572. The second-order valence-corrected chi connectivity index (χ2v) is 9.01. The highest BCUT2D eigenvalue weighted by Gasteiger charge is 2.28. The van der Waals surface area contributed by atoms with Gasteiger partial charge in [0.05, 0.1) is 30.1 Å². The molecule has 1 aliphatic carbocycles. The Balaban J connectivity index is 1.72. The molecule has 34 heavy (non-hydrogen) atoms. The molecule has 1 aliphatic rings. The number of urea groups is 1. The highest BCUT2D eigenvalue weighted by molar-refractivity contribution is 5.78. The summed E-state index contributed by atoms with van der Waals surface area (Å²) >= 11 is 0. The highest BCUT2D eigenvalue weighted by Crippen LogP contribution is 2.23. The molecule has 0 spiro atoms. The summed E-state index contributed by atoms with van der Waals surface area (Å²) in [5, 5.41) is 3.79. The molecule has 7 nitrogen and oxygen atoms in total. The van der Waals surface area contributed by atoms with Gasteiger partial charge in [-0.1, -0.05) is 61.7 Å². The normalized spacial score (nSPS) is 15.2. The number of aromatic nitrogens is 2. The van der Waals surface area contributed by atoms with Gasteiger partial charge in [-0.05, 0) is 37.5 Å². The molecule has 180 valence electrons. The van der Waals surface area contributed by atoms with Crippen molar-refractivity contribution in [3.8, 4) is 0 Å². The van der Waals surface area contributed by atoms with E-state index in [1.165, 1.54) is 6.42 Å². The Morgan fingerprint density at radius 2 is 1.82 bits per heavy atom. The fourth-order valence-electron chi connectivity index (χ4n) is 4.73. The lowest BCUT2D eigenvalue weighted by molar-refractivity contribution is 0.126. The molecule has 7 heteroatoms. The summed E-state index contributed by atoms with van der Waals surface area (Å²) in [6, 6.07) is 16.9. The first-order valence-electron chi connectivity index (χ1n) is 12.2. The molecule has 2 aromatic carbocycles. The molecule has 0 radical (unpaired) electrons. The van der Waals surface area contributed by atoms with Gasteiger partial charge in [-0.3, -0.25) is 9.36 Å². The molecule has 1 unspecified atom stereocenters. The SMILES string of the molecule is COCCN(C(=O)NC1CCCCC1)C(C)c1nc2ccccc2c(=O)n1Cc1ccccc1. The lowest BCUT2D eigenvalue weighted by Gasteiger charge is -2.33. The van der Waals surface area contributed by atoms with Crippen molar-refractivity contribution in [1.29, 1.82) is 0 Å². The fraction of sp³-hybridized carbons (Fsp3) is 0.444. The molecular formula is C27H34N4O3. The van der Waals surface area contributed by atoms with Gasteiger partial charge in [-0.15, -0.1) is 0 Å². The van der Waals surface area contributed by atoms with E-state index in [-0.39, 0.29) is 17.6 Å². The predicted octanol–water partition coefficient (Wildman–Crippen LogP) is 4.50. The smallest absolute Gasteiger partial charge is 0.318 e. The largest absolute Gasteiger partial charge is 0.383 e. The molecule has 3 aromatic rings. The first-order chi connectivity index (χ1) is 16.6. The van der Waals surface area contributed by atoms with Gasteiger partial charge in [0.1, 0.15) is 5.82 Å². The molecule has 4 rings (SSSR count). The van der Waals surface area contributed by atoms with Gasteiger partial charge in [-0.2, -0.15) is 0 Å². The Bertz CT molecular complexity index is 1160. The van der Waals surface area contributed by atoms with Crippen LogP contribution in [0.25, 0.3) is 10.9 Å². The van der Waals surface area contributed by atoms with Crippen molar-refractivity contribution in [2.45, 2.75) is 57.7 Å². The fourth-order valence-corrected chi connectivity index (χ4v) is 4.73. The zero-order valence-corrected chi connectivity index (χ0v) is 20.1. The van der Waals surface area contributed by atoms with Crippen LogP contribution in [0.3, 0.4) is 0 Å². The minimum absolute atomic E-state index is 0.101. The van der Waals surface area contributed by atoms with Crippen molar-refractivity contribution in [1.82, 2.24) is 19.8 Å². The summed E-state index contributed by atoms with van der Waals surface area (Å²) < 4.78 is 7.01. The number of fused-ring (bicyclic) bond motifs is 1. The van der Waals surface area contributed by atoms with Crippen molar-refractivity contribution < 1.29 is 9.53 Å². The van der Waals surface area contributed by atoms with Crippen LogP contribution >= 0.6 is 0 Å². The molecule has 1 aromatic heterocycles. The summed E-state index contributed by atoms with van der Waals surface area (Å²) in [4.78, 5) is 33.6. The maximum absolute atomic E-state index is 13.6. The van der Waals surface area contributed by atoms with E-state index in [2.05, 4.69) is 5.32 Å². The zero-order valence-electron chi connectivity index (χ0n) is 20.1. The molecule has 1 fully saturated rings. The second kappa shape index (κ2) is 11.3. The third kappa shape index (κ3) is 5.47. The number of rotatable bonds is 8. The minimum Gasteiger partial charge on any atom is -0.383 e. The predicted molar refractivity (Wildman–Crippen MR) is 134 cm³/mol. The van der Waals surface area contributed by atoms with Crippen molar-refractivity contribution in [3.63, 3.8) is 0 Å². The molecule has 1 N–H and O–H groups in total. The number of ether oxygens (including phenoxy) is 1. The molecule has 0 bridgehead atoms. The number of carbonyl (C=O) groups excluding carboxylic acids is 1. The first kappa shape index (κ1) is 24.0. The molecule has 1 heterocycles. The van der Waals surface area contributed by atoms with E-state index in [9.17, 15) is 9.59 Å². The van der Waals surface area contributed by atoms with Crippen molar-refractivity contribution in [3.05, 3.63) is 76.3 Å². The number of nitrogens with one attached hydrogen (secondary N) is 1. The van der Waals surface area contributed by atoms with Crippen LogP contribution in [0.5, 0.6) is 0 Å². The van der Waals surface area contributed by atoms with Crippen LogP contribution in [-0.4, -0.2) is 46.8 Å². The van der Waals surface area contributed by atoms with E-state index in [1.54, 1.807) is 22.6 Å². The third-order valence-corrected chi connectivity index (χ3v) is 6.65. The summed E-state index contributed by atoms with van der Waals surface area (Å²) in [6.45, 7) is 3.14. The maximum atomic E-state index is 13.6. The number of amides is 2. The molecule has 0 saturated heterocycles. The number of carbonyl (C=O) groups is 1. The zero-order chi connectivity index (χ0) is 23.9. The van der Waals surface area contributed by atoms with E-state index in [4.69, 9.17) is 9.72 Å². The van der Waals surface area contributed by atoms with E-state index in [0.717, 1.165) is 31.2 Å². The molecule has 1 atom stereocenters. The Morgan fingerprint density at radius 3 is 2.56 bits per heavy atom. The Labute approximate surface area is 200 Å². The Kier molecular flexibility index (Phi) is 7.95. The van der Waals surface area contributed by atoms with Gasteiger partial charge in [0.25, 0.3) is 5.56 Å². The number of nitrogens with zero attached hydrogens (tertiary/aromatic N) is 3. The lowest BCUT2D eigenvalue weighted by atomic mass is 9.96. The quantitative estimate of drug-likeness (QED) is 0.535. The third-order valence-electron chi connectivity index (χ3n) is 6.65. The van der Waals surface area contributed by atoms with Crippen LogP contribution in [0.4, 0.5) is 4.79 Å². The summed E-state index contributed by atoms with van der Waals surface area (Å²) in [6.07, 6.45) is 5.52. The van der Waals surface area contributed by atoms with Gasteiger partial charge >= 0.3 is 6.03 Å². The molecular weight excluding hydrogens is 428 g/mol. The van der Waals surface area contributed by atoms with E-state index in [0.29, 0.717) is 36.4 Å². The molecule has 1 saturated carbocycles. The van der Waals surface area contributed by atoms with Gasteiger partial charge in [0.2, 0.25) is 0 Å². The van der Waals surface area contributed by atoms with Crippen molar-refractivity contribution in [2.75, 3.05) is 20.3 Å². The van der Waals surface area contributed by atoms with Crippen molar-refractivity contribution in [2.24, 2.45) is 0 Å². The summed E-state index contributed by atoms with van der Waals surface area (Å²) in [5.41, 5.74) is 1.54. The van der Waals surface area contributed by atoms with Crippen LogP contribution in [0.1, 0.15) is 56.5 Å². The van der Waals surface area contributed by atoms with E-state index in [1.807, 2.05) is 55.5 Å². The maximum Gasteiger partial charge on any atom is 0.318 e. The molecule has 2 amide bonds. The first-order valence-corrected chi connectivity index (χ1v) is 12.2. The van der Waals surface area contributed by atoms with Gasteiger partial charge in [-0.25, -0.2) is 9.78 Å². The van der Waals surface area contributed by atoms with E-state index < -0.39 is 6.04 Å². The Morgan fingerprint density at radius 1 is 1.12 bits per heavy atom. The van der Waals surface area contributed by atoms with Crippen molar-refractivity contribution >= 4 is 16.9 Å². The summed E-state index contributed by atoms with van der Waals surface area (Å²) in [7, 11) is 1.63. The number of para-hydroxylation sites is 1. The number of benzene rings is 2. The van der Waals surface area contributed by atoms with Gasteiger partial charge < -0.3 is 15.0 Å². The highest BCUT2D eigenvalue weighted by atomic mass is 16.5. The van der Waals surface area contributed by atoms with E-state index >= 15 is 0 Å². The van der Waals surface area contributed by atoms with Crippen LogP contribution in [0, 0.1) is 0 Å². The topological polar surface area (TPSA) is 76.5 Å². The van der Waals surface area contributed by atoms with Crippen LogP contribution in [0.15, 0.2) is 59.4 Å². The minimum atomic E-state index is -0.417. The van der Waals surface area contributed by atoms with Gasteiger partial charge in [0, 0.05) is 19.7 Å². The van der Waals surface area contributed by atoms with Crippen LogP contribution in [-0.2, 0) is 11.3 Å². The monoisotopic (exact) mass is 462 g/mol.